The van der Waals surface area contributed by atoms with Gasteiger partial charge in [-0.3, -0.25) is 14.4 Å². The molecular formula is C31H44N2O9Si2. The van der Waals surface area contributed by atoms with Crippen molar-refractivity contribution in [3.63, 3.8) is 0 Å². The van der Waals surface area contributed by atoms with Crippen molar-refractivity contribution in [3.05, 3.63) is 71.8 Å². The molecule has 0 bridgehead atoms. The Kier molecular flexibility index (Phi) is 14.3. The fourth-order valence-corrected chi connectivity index (χ4v) is 5.33. The number of amides is 2. The Morgan fingerprint density at radius 2 is 1.09 bits per heavy atom. The number of esters is 1. The summed E-state index contributed by atoms with van der Waals surface area (Å²) in [5.74, 6) is -2.41. The summed E-state index contributed by atoms with van der Waals surface area (Å²) in [7, 11) is -4.43. The molecular weight excluding hydrogens is 601 g/mol. The molecule has 2 aromatic carbocycles. The van der Waals surface area contributed by atoms with Crippen LogP contribution < -0.4 is 10.6 Å². The number of ether oxygens (including phenoxy) is 2. The van der Waals surface area contributed by atoms with E-state index in [0.717, 1.165) is 11.1 Å². The molecule has 240 valence electrons. The van der Waals surface area contributed by atoms with Gasteiger partial charge in [-0.1, -0.05) is 60.7 Å². The minimum Gasteiger partial charge on any atom is -0.520 e. The summed E-state index contributed by atoms with van der Waals surface area (Å²) in [4.78, 5) is 63.7. The van der Waals surface area contributed by atoms with Gasteiger partial charge in [0.2, 0.25) is 22.5 Å². The average molecular weight is 645 g/mol. The molecule has 44 heavy (non-hydrogen) atoms. The number of carbonyl (C=O) groups excluding carboxylic acids is 5. The lowest BCUT2D eigenvalue weighted by molar-refractivity contribution is -0.148. The third-order valence-electron chi connectivity index (χ3n) is 5.76. The minimum atomic E-state index is -2.30. The van der Waals surface area contributed by atoms with Crippen LogP contribution in [0, 0.1) is 0 Å². The minimum absolute atomic E-state index is 0.00895. The molecule has 13 heteroatoms. The van der Waals surface area contributed by atoms with Crippen LogP contribution in [-0.2, 0) is 50.7 Å². The summed E-state index contributed by atoms with van der Waals surface area (Å²) in [6.45, 7) is 11.1. The summed E-state index contributed by atoms with van der Waals surface area (Å²) >= 11 is 0. The third-order valence-corrected chi connectivity index (χ3v) is 7.41. The zero-order chi connectivity index (χ0) is 32.8. The number of hydrogen-bond donors (Lipinski definition) is 2. The summed E-state index contributed by atoms with van der Waals surface area (Å²) < 4.78 is 21.7. The highest BCUT2D eigenvalue weighted by atomic mass is 28.4. The maximum Gasteiger partial charge on any atom is 0.408 e. The van der Waals surface area contributed by atoms with E-state index in [-0.39, 0.29) is 38.9 Å². The molecule has 2 amide bonds. The zero-order valence-electron chi connectivity index (χ0n) is 26.3. The first-order valence-corrected chi connectivity index (χ1v) is 21.3. The van der Waals surface area contributed by atoms with E-state index in [9.17, 15) is 24.0 Å². The van der Waals surface area contributed by atoms with E-state index in [2.05, 4.69) is 10.6 Å². The molecule has 2 aromatic rings. The number of hydrogen-bond acceptors (Lipinski definition) is 9. The van der Waals surface area contributed by atoms with E-state index in [0.29, 0.717) is 0 Å². The SMILES string of the molecule is C[Si](C)(C)OC(=O)CC[C@@H](NC(=O)CC[C@H](NC(=O)OCc1ccccc1)C(=O)OCc1ccccc1)C(=O)O[Si](C)(C)C. The largest absolute Gasteiger partial charge is 0.520 e. The van der Waals surface area contributed by atoms with E-state index < -0.39 is 58.6 Å². The highest BCUT2D eigenvalue weighted by Gasteiger charge is 2.30. The van der Waals surface area contributed by atoms with Gasteiger partial charge in [0.1, 0.15) is 25.3 Å². The Labute approximate surface area is 261 Å². The fraction of sp³-hybridized carbons (Fsp3) is 0.452. The van der Waals surface area contributed by atoms with Crippen LogP contribution in [-0.4, -0.2) is 58.6 Å². The van der Waals surface area contributed by atoms with Gasteiger partial charge >= 0.3 is 18.0 Å². The molecule has 0 aliphatic heterocycles. The summed E-state index contributed by atoms with van der Waals surface area (Å²) in [6, 6.07) is 15.8. The predicted octanol–water partition coefficient (Wildman–Crippen LogP) is 4.83. The Hall–Kier alpha value is -3.98. The lowest BCUT2D eigenvalue weighted by Crippen LogP contribution is -2.47. The molecule has 0 fully saturated rings. The highest BCUT2D eigenvalue weighted by molar-refractivity contribution is 6.71. The molecule has 0 radical (unpaired) electrons. The first-order valence-electron chi connectivity index (χ1n) is 14.5. The maximum absolute atomic E-state index is 13.0. The van der Waals surface area contributed by atoms with Gasteiger partial charge in [0.15, 0.2) is 0 Å². The van der Waals surface area contributed by atoms with Crippen LogP contribution in [0.3, 0.4) is 0 Å². The maximum atomic E-state index is 13.0. The van der Waals surface area contributed by atoms with Gasteiger partial charge in [-0.05, 0) is 63.3 Å². The van der Waals surface area contributed by atoms with Crippen molar-refractivity contribution in [2.45, 2.75) is 90.3 Å². The van der Waals surface area contributed by atoms with Crippen LogP contribution in [0.25, 0.3) is 0 Å². The molecule has 0 heterocycles. The number of carbonyl (C=O) groups is 5. The van der Waals surface area contributed by atoms with E-state index in [1.165, 1.54) is 0 Å². The zero-order valence-corrected chi connectivity index (χ0v) is 28.3. The second kappa shape index (κ2) is 17.4. The van der Waals surface area contributed by atoms with E-state index in [4.69, 9.17) is 18.3 Å². The lowest BCUT2D eigenvalue weighted by Gasteiger charge is -2.24. The van der Waals surface area contributed by atoms with Gasteiger partial charge in [-0.15, -0.1) is 0 Å². The molecule has 0 aliphatic rings. The third kappa shape index (κ3) is 15.5. The van der Waals surface area contributed by atoms with Crippen molar-refractivity contribution in [1.82, 2.24) is 10.6 Å². The highest BCUT2D eigenvalue weighted by Crippen LogP contribution is 2.13. The van der Waals surface area contributed by atoms with Gasteiger partial charge < -0.3 is 29.0 Å². The number of alkyl carbamates (subject to hydrolysis) is 1. The Morgan fingerprint density at radius 1 is 0.614 bits per heavy atom. The topological polar surface area (TPSA) is 146 Å². The molecule has 0 aromatic heterocycles. The molecule has 0 unspecified atom stereocenters. The van der Waals surface area contributed by atoms with Gasteiger partial charge in [0.05, 0.1) is 0 Å². The second-order valence-electron chi connectivity index (χ2n) is 12.2. The number of rotatable bonds is 16. The van der Waals surface area contributed by atoms with E-state index >= 15 is 0 Å². The monoisotopic (exact) mass is 644 g/mol. The van der Waals surface area contributed by atoms with Crippen LogP contribution >= 0.6 is 0 Å². The molecule has 11 nitrogen and oxygen atoms in total. The van der Waals surface area contributed by atoms with E-state index in [1.54, 1.807) is 48.5 Å². The summed E-state index contributed by atoms with van der Waals surface area (Å²) in [5, 5.41) is 5.11. The Balaban J connectivity index is 2.06. The molecule has 2 rings (SSSR count). The van der Waals surface area contributed by atoms with Gasteiger partial charge in [0, 0.05) is 12.8 Å². The summed E-state index contributed by atoms with van der Waals surface area (Å²) in [5.41, 5.74) is 1.51. The quantitative estimate of drug-likeness (QED) is 0.194. The molecule has 2 atom stereocenters. The fourth-order valence-electron chi connectivity index (χ4n) is 3.80. The van der Waals surface area contributed by atoms with Gasteiger partial charge in [-0.2, -0.15) is 0 Å². The van der Waals surface area contributed by atoms with E-state index in [1.807, 2.05) is 51.4 Å². The van der Waals surface area contributed by atoms with Crippen molar-refractivity contribution in [2.24, 2.45) is 0 Å². The van der Waals surface area contributed by atoms with Crippen molar-refractivity contribution in [3.8, 4) is 0 Å². The number of nitrogens with one attached hydrogen (secondary N) is 2. The van der Waals surface area contributed by atoms with Crippen LogP contribution in [0.15, 0.2) is 60.7 Å². The van der Waals surface area contributed by atoms with Crippen molar-refractivity contribution in [1.29, 1.82) is 0 Å². The molecule has 0 aliphatic carbocycles. The second-order valence-corrected chi connectivity index (χ2v) is 21.0. The molecule has 0 saturated carbocycles. The molecule has 2 N–H and O–H groups in total. The van der Waals surface area contributed by atoms with Gasteiger partial charge in [0.25, 0.3) is 5.97 Å². The van der Waals surface area contributed by atoms with Crippen molar-refractivity contribution >= 4 is 46.5 Å². The van der Waals surface area contributed by atoms with Gasteiger partial charge in [-0.25, -0.2) is 9.59 Å². The predicted molar refractivity (Wildman–Crippen MR) is 169 cm³/mol. The normalized spacial score (nSPS) is 12.7. The Bertz CT molecular complexity index is 1250. The number of benzene rings is 2. The lowest BCUT2D eigenvalue weighted by atomic mass is 10.1. The van der Waals surface area contributed by atoms with Crippen LogP contribution in [0.4, 0.5) is 4.79 Å². The molecule has 0 saturated heterocycles. The smallest absolute Gasteiger partial charge is 0.408 e. The summed E-state index contributed by atoms with van der Waals surface area (Å²) in [6.07, 6.45) is -1.31. The first-order chi connectivity index (χ1) is 20.6. The standard InChI is InChI=1S/C31H44N2O9Si2/c1-43(2,3)41-28(35)20-18-26(30(37)42-44(4,5)6)32-27(34)19-17-25(29(36)39-21-23-13-9-7-10-14-23)33-31(38)40-22-24-15-11-8-12-16-24/h7-16,25-26H,17-22H2,1-6H3,(H,32,34)(H,33,38)/t25-,26+/m0/s1. The average Bonchev–Trinajstić information content (AvgIpc) is 2.94. The van der Waals surface area contributed by atoms with Crippen LogP contribution in [0.1, 0.15) is 36.8 Å². The first kappa shape index (κ1) is 36.2. The van der Waals surface area contributed by atoms with Crippen LogP contribution in [0.2, 0.25) is 39.3 Å². The molecule has 0 spiro atoms. The van der Waals surface area contributed by atoms with Crippen molar-refractivity contribution in [2.75, 3.05) is 0 Å². The van der Waals surface area contributed by atoms with Crippen LogP contribution in [0.5, 0.6) is 0 Å². The van der Waals surface area contributed by atoms with Crippen molar-refractivity contribution < 1.29 is 42.3 Å². The Morgan fingerprint density at radius 3 is 1.61 bits per heavy atom.